The third kappa shape index (κ3) is 1.81. The number of alkyl halides is 1. The van der Waals surface area contributed by atoms with Crippen LogP contribution in [0.5, 0.6) is 0 Å². The summed E-state index contributed by atoms with van der Waals surface area (Å²) >= 11 is 5.28. The minimum atomic E-state index is -0.901. The van der Waals surface area contributed by atoms with Crippen molar-refractivity contribution in [3.63, 3.8) is 0 Å². The Labute approximate surface area is 65.6 Å². The molecular formula is C7H11ClO2. The van der Waals surface area contributed by atoms with Gasteiger partial charge in [-0.15, -0.1) is 11.6 Å². The molecule has 0 N–H and O–H groups in total. The SMILES string of the molecule is CC(=O)C(C)(C)C(=O)CCl. The van der Waals surface area contributed by atoms with Crippen LogP contribution in [0.3, 0.4) is 0 Å². The number of Topliss-reactive ketones (excluding diaryl/α,β-unsaturated/α-hetero) is 2. The van der Waals surface area contributed by atoms with E-state index in [0.717, 1.165) is 0 Å². The van der Waals surface area contributed by atoms with Crippen molar-refractivity contribution >= 4 is 23.2 Å². The van der Waals surface area contributed by atoms with Crippen molar-refractivity contribution in [2.75, 3.05) is 5.88 Å². The van der Waals surface area contributed by atoms with E-state index in [1.165, 1.54) is 6.92 Å². The normalized spacial score (nSPS) is 11.2. The largest absolute Gasteiger partial charge is 0.299 e. The summed E-state index contributed by atoms with van der Waals surface area (Å²) in [6.07, 6.45) is 0. The molecule has 0 aromatic carbocycles. The van der Waals surface area contributed by atoms with Gasteiger partial charge in [0.15, 0.2) is 5.78 Å². The maximum absolute atomic E-state index is 10.9. The number of rotatable bonds is 3. The molecule has 0 aromatic heterocycles. The molecule has 0 aliphatic heterocycles. The summed E-state index contributed by atoms with van der Waals surface area (Å²) in [6.45, 7) is 4.56. The van der Waals surface area contributed by atoms with Crippen LogP contribution in [0.2, 0.25) is 0 Å². The molecule has 0 aliphatic rings. The molecule has 0 spiro atoms. The molecule has 0 saturated heterocycles. The van der Waals surface area contributed by atoms with Crippen LogP contribution in [0.1, 0.15) is 20.8 Å². The van der Waals surface area contributed by atoms with Crippen LogP contribution in [0.25, 0.3) is 0 Å². The highest BCUT2D eigenvalue weighted by molar-refractivity contribution is 6.30. The van der Waals surface area contributed by atoms with E-state index < -0.39 is 5.41 Å². The van der Waals surface area contributed by atoms with Gasteiger partial charge >= 0.3 is 0 Å². The maximum Gasteiger partial charge on any atom is 0.160 e. The van der Waals surface area contributed by atoms with E-state index >= 15 is 0 Å². The number of ketones is 2. The first-order valence-electron chi connectivity index (χ1n) is 3.03. The first kappa shape index (κ1) is 9.63. The van der Waals surface area contributed by atoms with Gasteiger partial charge < -0.3 is 0 Å². The second kappa shape index (κ2) is 3.15. The van der Waals surface area contributed by atoms with Crippen LogP contribution in [0, 0.1) is 5.41 Å². The molecule has 2 nitrogen and oxygen atoms in total. The molecular weight excluding hydrogens is 152 g/mol. The van der Waals surface area contributed by atoms with Gasteiger partial charge in [0.2, 0.25) is 0 Å². The Morgan fingerprint density at radius 3 is 1.90 bits per heavy atom. The number of carbonyl (C=O) groups excluding carboxylic acids is 2. The van der Waals surface area contributed by atoms with E-state index in [1.807, 2.05) is 0 Å². The van der Waals surface area contributed by atoms with Crippen LogP contribution in [-0.4, -0.2) is 17.4 Å². The predicted molar refractivity (Wildman–Crippen MR) is 40.2 cm³/mol. The average Bonchev–Trinajstić information content (AvgIpc) is 1.86. The van der Waals surface area contributed by atoms with Crippen molar-refractivity contribution in [2.45, 2.75) is 20.8 Å². The quantitative estimate of drug-likeness (QED) is 0.465. The van der Waals surface area contributed by atoms with Crippen LogP contribution in [-0.2, 0) is 9.59 Å². The Hall–Kier alpha value is -0.370. The van der Waals surface area contributed by atoms with Crippen molar-refractivity contribution in [1.82, 2.24) is 0 Å². The second-order valence-electron chi connectivity index (χ2n) is 2.74. The zero-order valence-electron chi connectivity index (χ0n) is 6.40. The fourth-order valence-electron chi connectivity index (χ4n) is 0.363. The summed E-state index contributed by atoms with van der Waals surface area (Å²) in [4.78, 5) is 21.7. The van der Waals surface area contributed by atoms with Gasteiger partial charge in [-0.1, -0.05) is 0 Å². The summed E-state index contributed by atoms with van der Waals surface area (Å²) in [6, 6.07) is 0. The minimum Gasteiger partial charge on any atom is -0.299 e. The fraction of sp³-hybridized carbons (Fsp3) is 0.714. The Morgan fingerprint density at radius 2 is 1.80 bits per heavy atom. The molecule has 0 fully saturated rings. The van der Waals surface area contributed by atoms with Crippen molar-refractivity contribution < 1.29 is 9.59 Å². The van der Waals surface area contributed by atoms with Gasteiger partial charge in [-0.3, -0.25) is 9.59 Å². The molecule has 0 heterocycles. The molecule has 3 heteroatoms. The van der Waals surface area contributed by atoms with E-state index in [-0.39, 0.29) is 17.4 Å². The molecule has 0 amide bonds. The second-order valence-corrected chi connectivity index (χ2v) is 3.01. The van der Waals surface area contributed by atoms with Crippen molar-refractivity contribution in [2.24, 2.45) is 5.41 Å². The summed E-state index contributed by atoms with van der Waals surface area (Å²) in [5.41, 5.74) is -0.901. The smallest absolute Gasteiger partial charge is 0.160 e. The molecule has 0 aromatic rings. The summed E-state index contributed by atoms with van der Waals surface area (Å²) in [7, 11) is 0. The van der Waals surface area contributed by atoms with Crippen LogP contribution < -0.4 is 0 Å². The highest BCUT2D eigenvalue weighted by Crippen LogP contribution is 2.17. The van der Waals surface area contributed by atoms with Crippen LogP contribution in [0.4, 0.5) is 0 Å². The molecule has 0 aliphatic carbocycles. The Kier molecular flexibility index (Phi) is 3.03. The molecule has 0 unspecified atom stereocenters. The number of halogens is 1. The molecule has 0 rings (SSSR count). The Balaban J connectivity index is 4.40. The average molecular weight is 163 g/mol. The third-order valence-electron chi connectivity index (χ3n) is 1.70. The lowest BCUT2D eigenvalue weighted by Crippen LogP contribution is -2.32. The first-order chi connectivity index (χ1) is 4.42. The van der Waals surface area contributed by atoms with Gasteiger partial charge in [0, 0.05) is 0 Å². The molecule has 0 saturated carbocycles. The maximum atomic E-state index is 10.9. The van der Waals surface area contributed by atoms with Gasteiger partial charge in [0.1, 0.15) is 5.78 Å². The monoisotopic (exact) mass is 162 g/mol. The zero-order chi connectivity index (χ0) is 8.36. The first-order valence-corrected chi connectivity index (χ1v) is 3.56. The minimum absolute atomic E-state index is 0.0907. The van der Waals surface area contributed by atoms with E-state index in [4.69, 9.17) is 11.6 Å². The van der Waals surface area contributed by atoms with Crippen LogP contribution in [0.15, 0.2) is 0 Å². The fourth-order valence-corrected chi connectivity index (χ4v) is 0.697. The van der Waals surface area contributed by atoms with Gasteiger partial charge in [-0.2, -0.15) is 0 Å². The van der Waals surface area contributed by atoms with Crippen molar-refractivity contribution in [3.8, 4) is 0 Å². The molecule has 0 atom stereocenters. The Morgan fingerprint density at radius 1 is 1.40 bits per heavy atom. The molecule has 10 heavy (non-hydrogen) atoms. The predicted octanol–water partition coefficient (Wildman–Crippen LogP) is 1.41. The Bertz CT molecular complexity index is 161. The number of hydrogen-bond acceptors (Lipinski definition) is 2. The summed E-state index contributed by atoms with van der Waals surface area (Å²) < 4.78 is 0. The van der Waals surface area contributed by atoms with Gasteiger partial charge in [0.25, 0.3) is 0 Å². The van der Waals surface area contributed by atoms with Crippen LogP contribution >= 0.6 is 11.6 Å². The van der Waals surface area contributed by atoms with Crippen molar-refractivity contribution in [1.29, 1.82) is 0 Å². The van der Waals surface area contributed by atoms with E-state index in [0.29, 0.717) is 0 Å². The standard InChI is InChI=1S/C7H11ClO2/c1-5(9)7(2,3)6(10)4-8/h4H2,1-3H3. The molecule has 58 valence electrons. The lowest BCUT2D eigenvalue weighted by Gasteiger charge is -2.16. The summed E-state index contributed by atoms with van der Waals surface area (Å²) in [5, 5.41) is 0. The van der Waals surface area contributed by atoms with Gasteiger partial charge in [-0.05, 0) is 20.8 Å². The van der Waals surface area contributed by atoms with E-state index in [2.05, 4.69) is 0 Å². The summed E-state index contributed by atoms with van der Waals surface area (Å²) in [5.74, 6) is -0.452. The zero-order valence-corrected chi connectivity index (χ0v) is 7.16. The number of hydrogen-bond donors (Lipinski definition) is 0. The van der Waals surface area contributed by atoms with Gasteiger partial charge in [-0.25, -0.2) is 0 Å². The molecule has 0 bridgehead atoms. The topological polar surface area (TPSA) is 34.1 Å². The highest BCUT2D eigenvalue weighted by Gasteiger charge is 2.31. The lowest BCUT2D eigenvalue weighted by molar-refractivity contribution is -0.135. The highest BCUT2D eigenvalue weighted by atomic mass is 35.5. The van der Waals surface area contributed by atoms with E-state index in [1.54, 1.807) is 13.8 Å². The third-order valence-corrected chi connectivity index (χ3v) is 1.94. The van der Waals surface area contributed by atoms with Crippen molar-refractivity contribution in [3.05, 3.63) is 0 Å². The van der Waals surface area contributed by atoms with Gasteiger partial charge in [0.05, 0.1) is 11.3 Å². The lowest BCUT2D eigenvalue weighted by atomic mass is 9.85. The van der Waals surface area contributed by atoms with E-state index in [9.17, 15) is 9.59 Å². The number of carbonyl (C=O) groups is 2. The molecule has 0 radical (unpaired) electrons.